The first-order valence-electron chi connectivity index (χ1n) is 10.1. The lowest BCUT2D eigenvalue weighted by atomic mass is 9.50. The van der Waals surface area contributed by atoms with Gasteiger partial charge in [-0.05, 0) is 63.2 Å². The summed E-state index contributed by atoms with van der Waals surface area (Å²) in [4.78, 5) is 18.5. The van der Waals surface area contributed by atoms with Crippen molar-refractivity contribution in [1.82, 2.24) is 0 Å². The molecule has 0 aromatic carbocycles. The van der Waals surface area contributed by atoms with Gasteiger partial charge in [0.05, 0.1) is 0 Å². The quantitative estimate of drug-likeness (QED) is 0.697. The van der Waals surface area contributed by atoms with Gasteiger partial charge in [-0.25, -0.2) is 0 Å². The molecule has 0 radical (unpaired) electrons. The minimum absolute atomic E-state index is 0.144. The fraction of sp³-hybridized carbons (Fsp3) is 0.857. The van der Waals surface area contributed by atoms with Crippen molar-refractivity contribution in [3.05, 3.63) is 11.8 Å². The number of fused-ring (bicyclic) bond motifs is 5. The van der Waals surface area contributed by atoms with Gasteiger partial charge in [-0.2, -0.15) is 9.48 Å². The number of ketones is 1. The minimum Gasteiger partial charge on any atom is -0.295 e. The lowest BCUT2D eigenvalue weighted by Gasteiger charge is -2.59. The van der Waals surface area contributed by atoms with Crippen molar-refractivity contribution < 1.29 is 14.3 Å². The fourth-order valence-corrected chi connectivity index (χ4v) is 7.19. The summed E-state index contributed by atoms with van der Waals surface area (Å²) in [6.07, 6.45) is 10.6. The molecule has 24 heavy (non-hydrogen) atoms. The highest BCUT2D eigenvalue weighted by Crippen LogP contribution is 2.65. The van der Waals surface area contributed by atoms with Gasteiger partial charge in [-0.3, -0.25) is 4.79 Å². The standard InChI is InChI=1S/C21H34NO2/c1-5-24-22(4)14-16-17-7-6-10-20(17,2)11-9-18(16)21(3)12-8-15(23)13-19(21)22/h13,16-18H,5-12,14H2,1-4H3/q+1/t16-,17-,18-,20-,21+,22?/m0/s1. The van der Waals surface area contributed by atoms with Crippen LogP contribution >= 0.6 is 0 Å². The average molecular weight is 333 g/mol. The molecule has 1 heterocycles. The van der Waals surface area contributed by atoms with E-state index < -0.39 is 0 Å². The van der Waals surface area contributed by atoms with Crippen LogP contribution in [-0.2, 0) is 9.63 Å². The number of likely N-dealkylation sites (tertiary alicyclic amines) is 1. The molecule has 1 unspecified atom stereocenters. The van der Waals surface area contributed by atoms with Gasteiger partial charge in [0.25, 0.3) is 0 Å². The zero-order chi connectivity index (χ0) is 17.2. The van der Waals surface area contributed by atoms with Crippen LogP contribution in [0.5, 0.6) is 0 Å². The third-order valence-corrected chi connectivity index (χ3v) is 8.29. The first-order chi connectivity index (χ1) is 11.3. The van der Waals surface area contributed by atoms with Gasteiger partial charge in [0.2, 0.25) is 0 Å². The highest BCUT2D eigenvalue weighted by Gasteiger charge is 2.63. The van der Waals surface area contributed by atoms with Gasteiger partial charge in [-0.1, -0.05) is 13.3 Å². The Kier molecular flexibility index (Phi) is 3.78. The van der Waals surface area contributed by atoms with E-state index in [4.69, 9.17) is 4.84 Å². The first kappa shape index (κ1) is 16.8. The number of allylic oxidation sites excluding steroid dienone is 2. The maximum absolute atomic E-state index is 12.2. The maximum Gasteiger partial charge on any atom is 0.161 e. The summed E-state index contributed by atoms with van der Waals surface area (Å²) in [6.45, 7) is 8.84. The summed E-state index contributed by atoms with van der Waals surface area (Å²) in [6, 6.07) is 0. The second-order valence-corrected chi connectivity index (χ2v) is 9.58. The zero-order valence-corrected chi connectivity index (χ0v) is 15.9. The Hall–Kier alpha value is -0.670. The van der Waals surface area contributed by atoms with Crippen LogP contribution in [0.25, 0.3) is 0 Å². The summed E-state index contributed by atoms with van der Waals surface area (Å²) in [5, 5.41) is 0. The topological polar surface area (TPSA) is 26.3 Å². The van der Waals surface area contributed by atoms with Crippen molar-refractivity contribution >= 4 is 5.78 Å². The van der Waals surface area contributed by atoms with Gasteiger partial charge in [0, 0.05) is 23.8 Å². The summed E-state index contributed by atoms with van der Waals surface area (Å²) >= 11 is 0. The van der Waals surface area contributed by atoms with E-state index in [0.29, 0.717) is 22.5 Å². The van der Waals surface area contributed by atoms with Crippen LogP contribution in [0.4, 0.5) is 0 Å². The van der Waals surface area contributed by atoms with Gasteiger partial charge >= 0.3 is 0 Å². The molecule has 0 amide bonds. The molecule has 0 bridgehead atoms. The van der Waals surface area contributed by atoms with E-state index in [9.17, 15) is 4.79 Å². The number of carbonyl (C=O) groups excluding carboxylic acids is 1. The summed E-state index contributed by atoms with van der Waals surface area (Å²) in [5.74, 6) is 2.63. The van der Waals surface area contributed by atoms with Crippen LogP contribution in [-0.4, -0.2) is 30.6 Å². The smallest absolute Gasteiger partial charge is 0.161 e. The Morgan fingerprint density at radius 3 is 2.75 bits per heavy atom. The van der Waals surface area contributed by atoms with E-state index in [-0.39, 0.29) is 5.41 Å². The van der Waals surface area contributed by atoms with E-state index in [1.54, 1.807) is 0 Å². The molecule has 1 saturated heterocycles. The molecule has 4 aliphatic rings. The zero-order valence-electron chi connectivity index (χ0n) is 15.9. The number of carbonyl (C=O) groups is 1. The average Bonchev–Trinajstić information content (AvgIpc) is 2.92. The van der Waals surface area contributed by atoms with Crippen molar-refractivity contribution in [3.63, 3.8) is 0 Å². The largest absolute Gasteiger partial charge is 0.295 e. The Morgan fingerprint density at radius 1 is 1.21 bits per heavy atom. The molecule has 6 atom stereocenters. The highest BCUT2D eigenvalue weighted by molar-refractivity contribution is 5.91. The van der Waals surface area contributed by atoms with Crippen LogP contribution in [0, 0.1) is 28.6 Å². The van der Waals surface area contributed by atoms with Crippen molar-refractivity contribution in [2.24, 2.45) is 28.6 Å². The Balaban J connectivity index is 1.79. The highest BCUT2D eigenvalue weighted by atomic mass is 16.7. The van der Waals surface area contributed by atoms with Crippen molar-refractivity contribution in [2.75, 3.05) is 20.2 Å². The molecule has 4 rings (SSSR count). The number of hydrogen-bond acceptors (Lipinski definition) is 2. The molecule has 2 saturated carbocycles. The summed E-state index contributed by atoms with van der Waals surface area (Å²) in [5.41, 5.74) is 1.97. The van der Waals surface area contributed by atoms with Crippen molar-refractivity contribution in [1.29, 1.82) is 0 Å². The van der Waals surface area contributed by atoms with E-state index in [1.165, 1.54) is 37.8 Å². The van der Waals surface area contributed by atoms with Crippen LogP contribution in [0.3, 0.4) is 0 Å². The Labute approximate surface area is 147 Å². The number of nitrogens with zero attached hydrogens (tertiary/aromatic N) is 1. The predicted molar refractivity (Wildman–Crippen MR) is 94.8 cm³/mol. The molecule has 3 aliphatic carbocycles. The molecule has 0 aromatic heterocycles. The molecule has 0 N–H and O–H groups in total. The third kappa shape index (κ3) is 2.20. The number of hydroxylamine groups is 3. The van der Waals surface area contributed by atoms with Crippen LogP contribution in [0.1, 0.15) is 65.7 Å². The predicted octanol–water partition coefficient (Wildman–Crippen LogP) is 4.48. The monoisotopic (exact) mass is 332 g/mol. The van der Waals surface area contributed by atoms with E-state index in [2.05, 4.69) is 27.8 Å². The molecule has 3 heteroatoms. The second-order valence-electron chi connectivity index (χ2n) is 9.58. The van der Waals surface area contributed by atoms with Crippen LogP contribution in [0.2, 0.25) is 0 Å². The van der Waals surface area contributed by atoms with Crippen molar-refractivity contribution in [2.45, 2.75) is 65.7 Å². The van der Waals surface area contributed by atoms with Gasteiger partial charge in [-0.15, -0.1) is 0 Å². The second kappa shape index (κ2) is 5.41. The molecule has 3 nitrogen and oxygen atoms in total. The first-order valence-corrected chi connectivity index (χ1v) is 10.1. The Morgan fingerprint density at radius 2 is 2.00 bits per heavy atom. The number of hydrogen-bond donors (Lipinski definition) is 0. The summed E-state index contributed by atoms with van der Waals surface area (Å²) < 4.78 is 0.548. The number of piperidine rings is 1. The Bertz CT molecular complexity index is 584. The van der Waals surface area contributed by atoms with E-state index in [1.807, 2.05) is 6.08 Å². The van der Waals surface area contributed by atoms with Gasteiger partial charge in [0.1, 0.15) is 20.2 Å². The third-order valence-electron chi connectivity index (χ3n) is 8.29. The number of quaternary nitrogens is 1. The van der Waals surface area contributed by atoms with Gasteiger partial charge in [0.15, 0.2) is 11.5 Å². The molecule has 0 aromatic rings. The normalized spacial score (nSPS) is 50.8. The minimum atomic E-state index is 0.144. The molecular formula is C21H34NO2+. The van der Waals surface area contributed by atoms with E-state index >= 15 is 0 Å². The van der Waals surface area contributed by atoms with Gasteiger partial charge < -0.3 is 0 Å². The molecule has 1 aliphatic heterocycles. The molecule has 0 spiro atoms. The van der Waals surface area contributed by atoms with E-state index in [0.717, 1.165) is 37.1 Å². The molecule has 3 fully saturated rings. The maximum atomic E-state index is 12.2. The SMILES string of the molecule is CCO[N+]1(C)C[C@H]2[C@@H]3CCC[C@@]3(C)CC[C@@H]2[C@@]2(C)CCC(=O)C=C21. The fourth-order valence-electron chi connectivity index (χ4n) is 7.19. The molecular weight excluding hydrogens is 298 g/mol. The van der Waals surface area contributed by atoms with Crippen LogP contribution in [0.15, 0.2) is 11.8 Å². The van der Waals surface area contributed by atoms with Crippen LogP contribution < -0.4 is 0 Å². The lowest BCUT2D eigenvalue weighted by Crippen LogP contribution is -2.63. The van der Waals surface area contributed by atoms with Crippen molar-refractivity contribution in [3.8, 4) is 0 Å². The molecule has 134 valence electrons. The summed E-state index contributed by atoms with van der Waals surface area (Å²) in [7, 11) is 2.21. The number of rotatable bonds is 2. The lowest BCUT2D eigenvalue weighted by molar-refractivity contribution is -1.07.